The lowest BCUT2D eigenvalue weighted by Crippen LogP contribution is -2.49. The van der Waals surface area contributed by atoms with Crippen molar-refractivity contribution in [1.82, 2.24) is 9.80 Å². The molecule has 7 nitrogen and oxygen atoms in total. The minimum atomic E-state index is 0.0952. The molecule has 0 unspecified atom stereocenters. The quantitative estimate of drug-likeness (QED) is 0.663. The number of likely N-dealkylation sites (N-methyl/N-ethyl adjacent to an activating group) is 1. The number of anilines is 1. The summed E-state index contributed by atoms with van der Waals surface area (Å²) in [5.74, 6) is 2.30. The molecule has 3 rings (SSSR count). The van der Waals surface area contributed by atoms with Crippen LogP contribution in [-0.4, -0.2) is 76.8 Å². The standard InChI is InChI=1S/C23H31N3O4/c1-24(16-18-6-5-7-21(29-3)23(18)30-4)22(27)17-25-12-14-26(15-13-25)19-8-10-20(28-2)11-9-19/h5-11H,12-17H2,1-4H3. The van der Waals surface area contributed by atoms with Gasteiger partial charge in [-0.15, -0.1) is 0 Å². The zero-order valence-electron chi connectivity index (χ0n) is 18.3. The zero-order chi connectivity index (χ0) is 21.5. The van der Waals surface area contributed by atoms with Crippen LogP contribution < -0.4 is 19.1 Å². The Bertz CT molecular complexity index is 833. The summed E-state index contributed by atoms with van der Waals surface area (Å²) < 4.78 is 16.1. The summed E-state index contributed by atoms with van der Waals surface area (Å²) in [5.41, 5.74) is 2.11. The van der Waals surface area contributed by atoms with E-state index in [0.29, 0.717) is 24.6 Å². The van der Waals surface area contributed by atoms with Crippen molar-refractivity contribution in [3.05, 3.63) is 48.0 Å². The van der Waals surface area contributed by atoms with Crippen LogP contribution in [0.3, 0.4) is 0 Å². The predicted octanol–water partition coefficient (Wildman–Crippen LogP) is 2.49. The number of carbonyl (C=O) groups is 1. The van der Waals surface area contributed by atoms with E-state index >= 15 is 0 Å². The van der Waals surface area contributed by atoms with Gasteiger partial charge in [-0.25, -0.2) is 0 Å². The highest BCUT2D eigenvalue weighted by molar-refractivity contribution is 5.78. The van der Waals surface area contributed by atoms with Crippen LogP contribution in [0.5, 0.6) is 17.2 Å². The molecule has 1 saturated heterocycles. The van der Waals surface area contributed by atoms with Crippen molar-refractivity contribution in [2.45, 2.75) is 6.54 Å². The molecule has 1 fully saturated rings. The Labute approximate surface area is 178 Å². The van der Waals surface area contributed by atoms with Crippen molar-refractivity contribution in [3.8, 4) is 17.2 Å². The molecule has 7 heteroatoms. The first kappa shape index (κ1) is 21.8. The van der Waals surface area contributed by atoms with Crippen molar-refractivity contribution < 1.29 is 19.0 Å². The monoisotopic (exact) mass is 413 g/mol. The lowest BCUT2D eigenvalue weighted by atomic mass is 10.1. The van der Waals surface area contributed by atoms with Gasteiger partial charge in [-0.2, -0.15) is 0 Å². The Morgan fingerprint density at radius 3 is 2.23 bits per heavy atom. The van der Waals surface area contributed by atoms with Gasteiger partial charge in [0.05, 0.1) is 27.9 Å². The minimum Gasteiger partial charge on any atom is -0.497 e. The Morgan fingerprint density at radius 1 is 0.933 bits per heavy atom. The lowest BCUT2D eigenvalue weighted by molar-refractivity contribution is -0.131. The van der Waals surface area contributed by atoms with Crippen LogP contribution >= 0.6 is 0 Å². The van der Waals surface area contributed by atoms with Crippen LogP contribution in [0.2, 0.25) is 0 Å². The number of benzene rings is 2. The number of rotatable bonds is 8. The van der Waals surface area contributed by atoms with E-state index in [9.17, 15) is 4.79 Å². The zero-order valence-corrected chi connectivity index (χ0v) is 18.3. The maximum Gasteiger partial charge on any atom is 0.236 e. The molecule has 0 atom stereocenters. The van der Waals surface area contributed by atoms with Crippen molar-refractivity contribution in [3.63, 3.8) is 0 Å². The van der Waals surface area contributed by atoms with E-state index in [1.54, 1.807) is 26.2 Å². The molecule has 2 aromatic carbocycles. The number of amides is 1. The average molecular weight is 414 g/mol. The molecule has 2 aromatic rings. The molecule has 1 aliphatic rings. The van der Waals surface area contributed by atoms with Gasteiger partial charge in [-0.1, -0.05) is 12.1 Å². The Hall–Kier alpha value is -2.93. The van der Waals surface area contributed by atoms with Crippen LogP contribution in [0.15, 0.2) is 42.5 Å². The van der Waals surface area contributed by atoms with E-state index in [1.165, 1.54) is 5.69 Å². The van der Waals surface area contributed by atoms with Gasteiger partial charge in [-0.3, -0.25) is 9.69 Å². The molecule has 0 N–H and O–H groups in total. The predicted molar refractivity (Wildman–Crippen MR) is 118 cm³/mol. The second kappa shape index (κ2) is 10.2. The molecule has 1 amide bonds. The first-order valence-corrected chi connectivity index (χ1v) is 10.1. The van der Waals surface area contributed by atoms with Gasteiger partial charge in [0.1, 0.15) is 5.75 Å². The second-order valence-corrected chi connectivity index (χ2v) is 7.36. The fourth-order valence-electron chi connectivity index (χ4n) is 3.69. The van der Waals surface area contributed by atoms with E-state index < -0.39 is 0 Å². The number of ether oxygens (including phenoxy) is 3. The molecule has 1 heterocycles. The van der Waals surface area contributed by atoms with Crippen molar-refractivity contribution >= 4 is 11.6 Å². The number of piperazine rings is 1. The third kappa shape index (κ3) is 5.16. The summed E-state index contributed by atoms with van der Waals surface area (Å²) in [7, 11) is 6.73. The fourth-order valence-corrected chi connectivity index (χ4v) is 3.69. The lowest BCUT2D eigenvalue weighted by Gasteiger charge is -2.36. The highest BCUT2D eigenvalue weighted by atomic mass is 16.5. The molecular weight excluding hydrogens is 382 g/mol. The molecule has 1 aliphatic heterocycles. The number of methoxy groups -OCH3 is 3. The summed E-state index contributed by atoms with van der Waals surface area (Å²) in [6, 6.07) is 13.8. The van der Waals surface area contributed by atoms with Gasteiger partial charge in [0.25, 0.3) is 0 Å². The van der Waals surface area contributed by atoms with Gasteiger partial charge in [0.15, 0.2) is 11.5 Å². The topological polar surface area (TPSA) is 54.5 Å². The van der Waals surface area contributed by atoms with E-state index in [-0.39, 0.29) is 5.91 Å². The number of nitrogens with zero attached hydrogens (tertiary/aromatic N) is 3. The minimum absolute atomic E-state index is 0.0952. The first-order valence-electron chi connectivity index (χ1n) is 10.1. The van der Waals surface area contributed by atoms with Crippen LogP contribution in [0.4, 0.5) is 5.69 Å². The van der Waals surface area contributed by atoms with E-state index in [4.69, 9.17) is 14.2 Å². The normalized spacial score (nSPS) is 14.3. The SMILES string of the molecule is COc1ccc(N2CCN(CC(=O)N(C)Cc3cccc(OC)c3OC)CC2)cc1. The Balaban J connectivity index is 1.52. The van der Waals surface area contributed by atoms with Crippen molar-refractivity contribution in [2.24, 2.45) is 0 Å². The van der Waals surface area contributed by atoms with Gasteiger partial charge in [0, 0.05) is 51.0 Å². The Morgan fingerprint density at radius 2 is 1.63 bits per heavy atom. The molecule has 162 valence electrons. The summed E-state index contributed by atoms with van der Waals surface area (Å²) in [4.78, 5) is 19.1. The molecule has 0 aromatic heterocycles. The van der Waals surface area contributed by atoms with Crippen LogP contribution in [0, 0.1) is 0 Å². The number of para-hydroxylation sites is 1. The number of carbonyl (C=O) groups excluding carboxylic acids is 1. The van der Waals surface area contributed by atoms with Gasteiger partial charge in [-0.05, 0) is 30.3 Å². The summed E-state index contributed by atoms with van der Waals surface area (Å²) in [5, 5.41) is 0. The highest BCUT2D eigenvalue weighted by Gasteiger charge is 2.21. The summed E-state index contributed by atoms with van der Waals surface area (Å²) >= 11 is 0. The van der Waals surface area contributed by atoms with Gasteiger partial charge < -0.3 is 24.0 Å². The molecule has 0 spiro atoms. The molecule has 0 bridgehead atoms. The first-order chi connectivity index (χ1) is 14.5. The second-order valence-electron chi connectivity index (χ2n) is 7.36. The third-order valence-corrected chi connectivity index (χ3v) is 5.49. The molecule has 30 heavy (non-hydrogen) atoms. The van der Waals surface area contributed by atoms with Crippen LogP contribution in [0.1, 0.15) is 5.56 Å². The largest absolute Gasteiger partial charge is 0.497 e. The fraction of sp³-hybridized carbons (Fsp3) is 0.435. The van der Waals surface area contributed by atoms with E-state index in [2.05, 4.69) is 21.9 Å². The highest BCUT2D eigenvalue weighted by Crippen LogP contribution is 2.31. The molecule has 0 aliphatic carbocycles. The van der Waals surface area contributed by atoms with E-state index in [1.807, 2.05) is 37.4 Å². The smallest absolute Gasteiger partial charge is 0.236 e. The van der Waals surface area contributed by atoms with Crippen LogP contribution in [-0.2, 0) is 11.3 Å². The summed E-state index contributed by atoms with van der Waals surface area (Å²) in [6.45, 7) is 4.40. The molecular formula is C23H31N3O4. The number of hydrogen-bond acceptors (Lipinski definition) is 6. The van der Waals surface area contributed by atoms with Crippen molar-refractivity contribution in [2.75, 3.05) is 66.0 Å². The van der Waals surface area contributed by atoms with Gasteiger partial charge >= 0.3 is 0 Å². The Kier molecular flexibility index (Phi) is 7.41. The molecule has 0 radical (unpaired) electrons. The average Bonchev–Trinajstić information content (AvgIpc) is 2.79. The maximum atomic E-state index is 12.8. The molecule has 0 saturated carbocycles. The number of hydrogen-bond donors (Lipinski definition) is 0. The summed E-state index contributed by atoms with van der Waals surface area (Å²) in [6.07, 6.45) is 0. The maximum absolute atomic E-state index is 12.8. The third-order valence-electron chi connectivity index (χ3n) is 5.49. The van der Waals surface area contributed by atoms with E-state index in [0.717, 1.165) is 37.5 Å². The van der Waals surface area contributed by atoms with Crippen LogP contribution in [0.25, 0.3) is 0 Å². The van der Waals surface area contributed by atoms with Gasteiger partial charge in [0.2, 0.25) is 5.91 Å². The van der Waals surface area contributed by atoms with Crippen molar-refractivity contribution in [1.29, 1.82) is 0 Å².